The van der Waals surface area contributed by atoms with Crippen LogP contribution in [0.3, 0.4) is 0 Å². The molecule has 4 aromatic carbocycles. The van der Waals surface area contributed by atoms with Crippen molar-refractivity contribution in [3.8, 4) is 5.75 Å². The number of halogens is 3. The van der Waals surface area contributed by atoms with Crippen LogP contribution in [0, 0.1) is 17.5 Å². The molecular weight excluding hydrogens is 433 g/mol. The van der Waals surface area contributed by atoms with Crippen LogP contribution in [-0.2, 0) is 0 Å². The molecule has 0 aliphatic carbocycles. The molecule has 8 heteroatoms. The van der Waals surface area contributed by atoms with Gasteiger partial charge < -0.3 is 10.4 Å². The molecule has 33 heavy (non-hydrogen) atoms. The van der Waals surface area contributed by atoms with E-state index in [9.17, 15) is 27.9 Å². The monoisotopic (exact) mass is 452 g/mol. The lowest BCUT2D eigenvalue weighted by Crippen LogP contribution is -2.32. The van der Waals surface area contributed by atoms with Crippen LogP contribution in [0.1, 0.15) is 35.7 Å². The predicted octanol–water partition coefficient (Wildman–Crippen LogP) is 4.59. The smallest absolute Gasteiger partial charge is 0.271 e. The molecule has 0 radical (unpaired) electrons. The summed E-state index contributed by atoms with van der Waals surface area (Å²) in [5.41, 5.74) is 0.448. The Morgan fingerprint density at radius 3 is 2.15 bits per heavy atom. The van der Waals surface area contributed by atoms with Crippen molar-refractivity contribution in [2.24, 2.45) is 0 Å². The molecule has 0 aliphatic rings. The van der Waals surface area contributed by atoms with E-state index >= 15 is 0 Å². The van der Waals surface area contributed by atoms with Crippen molar-refractivity contribution in [1.82, 2.24) is 5.32 Å². The summed E-state index contributed by atoms with van der Waals surface area (Å²) in [7, 11) is 0. The first-order valence-electron chi connectivity index (χ1n) is 10.1. The zero-order chi connectivity index (χ0) is 23.7. The van der Waals surface area contributed by atoms with Crippen LogP contribution in [0.4, 0.5) is 24.5 Å². The Morgan fingerprint density at radius 2 is 1.48 bits per heavy atom. The fourth-order valence-corrected chi connectivity index (χ4v) is 3.60. The lowest BCUT2D eigenvalue weighted by Gasteiger charge is -2.25. The number of hydrogen-bond acceptors (Lipinski definition) is 5. The van der Waals surface area contributed by atoms with Gasteiger partial charge in [-0.05, 0) is 60.0 Å². The van der Waals surface area contributed by atoms with E-state index in [1.165, 1.54) is 18.2 Å². The summed E-state index contributed by atoms with van der Waals surface area (Å²) in [6, 6.07) is 15.4. The Labute approximate surface area is 186 Å². The number of anilines is 2. The van der Waals surface area contributed by atoms with E-state index in [4.69, 9.17) is 0 Å². The lowest BCUT2D eigenvalue weighted by molar-refractivity contribution is 0.466. The van der Waals surface area contributed by atoms with Gasteiger partial charge in [-0.1, -0.05) is 30.3 Å². The molecule has 168 valence electrons. The first-order chi connectivity index (χ1) is 15.7. The first kappa shape index (κ1) is 22.3. The summed E-state index contributed by atoms with van der Waals surface area (Å²) in [6.07, 6.45) is 0. The molecule has 0 heterocycles. The largest absolute Gasteiger partial charge is 0.502 e. The molecule has 4 aromatic rings. The average Bonchev–Trinajstić information content (AvgIpc) is 2.82. The van der Waals surface area contributed by atoms with E-state index in [1.807, 2.05) is 0 Å². The van der Waals surface area contributed by atoms with Gasteiger partial charge in [-0.15, -0.1) is 0 Å². The molecule has 0 spiro atoms. The van der Waals surface area contributed by atoms with Crippen molar-refractivity contribution in [3.05, 3.63) is 121 Å². The van der Waals surface area contributed by atoms with Gasteiger partial charge in [0.1, 0.15) is 11.5 Å². The van der Waals surface area contributed by atoms with E-state index < -0.39 is 46.1 Å². The number of rotatable bonds is 7. The van der Waals surface area contributed by atoms with E-state index in [1.54, 1.807) is 43.3 Å². The normalized spacial score (nSPS) is 13.1. The predicted molar refractivity (Wildman–Crippen MR) is 119 cm³/mol. The molecule has 2 unspecified atom stereocenters. The highest BCUT2D eigenvalue weighted by atomic mass is 19.2. The average molecular weight is 452 g/mol. The van der Waals surface area contributed by atoms with Gasteiger partial charge in [-0.2, -0.15) is 0 Å². The van der Waals surface area contributed by atoms with E-state index in [-0.39, 0.29) is 5.69 Å². The maximum Gasteiger partial charge on any atom is 0.271 e. The van der Waals surface area contributed by atoms with Crippen molar-refractivity contribution in [2.45, 2.75) is 19.0 Å². The van der Waals surface area contributed by atoms with Gasteiger partial charge in [0.15, 0.2) is 17.4 Å². The van der Waals surface area contributed by atoms with E-state index in [2.05, 4.69) is 10.6 Å². The number of nitrogens with one attached hydrogen (secondary N) is 2. The SMILES string of the molecule is CC(NC(c1ccc(F)cc1)c1cccc(Nc2c(O)c(=O)c2=O)c1)c1ccc(F)c(F)c1. The van der Waals surface area contributed by atoms with Gasteiger partial charge in [0.25, 0.3) is 10.9 Å². The topological polar surface area (TPSA) is 78.4 Å². The fraction of sp³-hybridized carbons (Fsp3) is 0.120. The third kappa shape index (κ3) is 4.51. The molecule has 0 saturated carbocycles. The van der Waals surface area contributed by atoms with Crippen molar-refractivity contribution < 1.29 is 18.3 Å². The van der Waals surface area contributed by atoms with Gasteiger partial charge in [0, 0.05) is 11.7 Å². The highest BCUT2D eigenvalue weighted by molar-refractivity contribution is 5.69. The molecular formula is C25H19F3N2O3. The molecule has 0 amide bonds. The van der Waals surface area contributed by atoms with Crippen LogP contribution in [0.5, 0.6) is 5.75 Å². The number of hydrogen-bond donors (Lipinski definition) is 3. The standard InChI is InChI=1S/C25H19F3N2O3/c1-13(15-7-10-19(27)20(28)12-15)29-21(14-5-8-17(26)9-6-14)16-3-2-4-18(11-16)30-22-23(31)25(33)24(22)32/h2-13,21,29-31H,1H3. The molecule has 0 fully saturated rings. The first-order valence-corrected chi connectivity index (χ1v) is 10.1. The lowest BCUT2D eigenvalue weighted by atomic mass is 9.96. The Bertz CT molecular complexity index is 1380. The van der Waals surface area contributed by atoms with Crippen LogP contribution in [0.15, 0.2) is 76.3 Å². The maximum atomic E-state index is 13.7. The Morgan fingerprint density at radius 1 is 0.788 bits per heavy atom. The summed E-state index contributed by atoms with van der Waals surface area (Å²) >= 11 is 0. The van der Waals surface area contributed by atoms with Crippen molar-refractivity contribution in [2.75, 3.05) is 5.32 Å². The summed E-state index contributed by atoms with van der Waals surface area (Å²) in [5, 5.41) is 15.7. The molecule has 0 bridgehead atoms. The molecule has 0 aliphatic heterocycles. The molecule has 3 N–H and O–H groups in total. The Kier molecular flexibility index (Phi) is 6.02. The second-order valence-corrected chi connectivity index (χ2v) is 7.68. The van der Waals surface area contributed by atoms with Crippen LogP contribution in [0.2, 0.25) is 0 Å². The van der Waals surface area contributed by atoms with Crippen LogP contribution >= 0.6 is 0 Å². The Hall–Kier alpha value is -3.91. The van der Waals surface area contributed by atoms with Crippen LogP contribution < -0.4 is 21.5 Å². The summed E-state index contributed by atoms with van der Waals surface area (Å²) in [6.45, 7) is 1.78. The summed E-state index contributed by atoms with van der Waals surface area (Å²) in [5.74, 6) is -2.93. The second-order valence-electron chi connectivity index (χ2n) is 7.68. The number of benzene rings is 3. The second kappa shape index (κ2) is 8.91. The van der Waals surface area contributed by atoms with Crippen LogP contribution in [-0.4, -0.2) is 5.11 Å². The van der Waals surface area contributed by atoms with E-state index in [0.717, 1.165) is 12.1 Å². The minimum absolute atomic E-state index is 0.182. The van der Waals surface area contributed by atoms with Gasteiger partial charge >= 0.3 is 0 Å². The zero-order valence-corrected chi connectivity index (χ0v) is 17.4. The highest BCUT2D eigenvalue weighted by Crippen LogP contribution is 2.30. The van der Waals surface area contributed by atoms with Gasteiger partial charge in [0.2, 0.25) is 0 Å². The van der Waals surface area contributed by atoms with Crippen molar-refractivity contribution >= 4 is 11.4 Å². The van der Waals surface area contributed by atoms with Crippen LogP contribution in [0.25, 0.3) is 0 Å². The Balaban J connectivity index is 1.68. The quantitative estimate of drug-likeness (QED) is 0.358. The summed E-state index contributed by atoms with van der Waals surface area (Å²) < 4.78 is 40.6. The molecule has 4 rings (SSSR count). The minimum atomic E-state index is -0.960. The zero-order valence-electron chi connectivity index (χ0n) is 17.4. The molecule has 2 atom stereocenters. The van der Waals surface area contributed by atoms with E-state index in [0.29, 0.717) is 22.4 Å². The van der Waals surface area contributed by atoms with Crippen molar-refractivity contribution in [1.29, 1.82) is 0 Å². The fourth-order valence-electron chi connectivity index (χ4n) is 3.60. The van der Waals surface area contributed by atoms with Gasteiger partial charge in [-0.3, -0.25) is 14.9 Å². The van der Waals surface area contributed by atoms with Gasteiger partial charge in [0.05, 0.1) is 6.04 Å². The van der Waals surface area contributed by atoms with Crippen molar-refractivity contribution in [3.63, 3.8) is 0 Å². The number of aromatic hydroxyl groups is 1. The molecule has 0 aromatic heterocycles. The summed E-state index contributed by atoms with van der Waals surface area (Å²) in [4.78, 5) is 22.9. The third-order valence-electron chi connectivity index (χ3n) is 5.44. The van der Waals surface area contributed by atoms with Gasteiger partial charge in [-0.25, -0.2) is 13.2 Å². The maximum absolute atomic E-state index is 13.7. The minimum Gasteiger partial charge on any atom is -0.502 e. The third-order valence-corrected chi connectivity index (χ3v) is 5.44. The molecule has 0 saturated heterocycles. The highest BCUT2D eigenvalue weighted by Gasteiger charge is 2.22. The molecule has 5 nitrogen and oxygen atoms in total.